The molecule has 12 heavy (non-hydrogen) atoms. The fourth-order valence-corrected chi connectivity index (χ4v) is 2.27. The van der Waals surface area contributed by atoms with E-state index in [-0.39, 0.29) is 0 Å². The van der Waals surface area contributed by atoms with Crippen molar-refractivity contribution in [2.45, 2.75) is 37.4 Å². The van der Waals surface area contributed by atoms with E-state index in [9.17, 15) is 0 Å². The molecule has 1 aliphatic rings. The molecule has 0 aromatic carbocycles. The van der Waals surface area contributed by atoms with Gasteiger partial charge in [0.2, 0.25) is 0 Å². The van der Waals surface area contributed by atoms with Crippen molar-refractivity contribution in [3.05, 3.63) is 17.0 Å². The zero-order chi connectivity index (χ0) is 8.55. The van der Waals surface area contributed by atoms with Gasteiger partial charge in [0, 0.05) is 16.8 Å². The summed E-state index contributed by atoms with van der Waals surface area (Å²) in [5.41, 5.74) is 2.45. The molecule has 0 saturated carbocycles. The topological polar surface area (TPSA) is 26.0 Å². The number of halogens is 1. The fraction of sp³-hybridized carbons (Fsp3) is 0.667. The standard InChI is InChI=1S/C9H12BrNO/c1-6-3-2-4-7-8(5-10)11-12-9(6)7/h6H,2-5H2,1H3. The molecule has 0 bridgehead atoms. The Morgan fingerprint density at radius 1 is 1.67 bits per heavy atom. The van der Waals surface area contributed by atoms with Crippen molar-refractivity contribution in [2.24, 2.45) is 0 Å². The zero-order valence-electron chi connectivity index (χ0n) is 7.14. The molecular weight excluding hydrogens is 218 g/mol. The van der Waals surface area contributed by atoms with E-state index in [1.54, 1.807) is 0 Å². The monoisotopic (exact) mass is 229 g/mol. The lowest BCUT2D eigenvalue weighted by Crippen LogP contribution is -2.05. The van der Waals surface area contributed by atoms with Gasteiger partial charge in [-0.3, -0.25) is 0 Å². The Morgan fingerprint density at radius 2 is 2.50 bits per heavy atom. The summed E-state index contributed by atoms with van der Waals surface area (Å²) in [6.07, 6.45) is 3.66. The molecule has 1 aromatic rings. The van der Waals surface area contributed by atoms with Crippen LogP contribution in [0.2, 0.25) is 0 Å². The summed E-state index contributed by atoms with van der Waals surface area (Å²) in [6.45, 7) is 2.21. The number of rotatable bonds is 1. The van der Waals surface area contributed by atoms with Gasteiger partial charge in [0.15, 0.2) is 0 Å². The third kappa shape index (κ3) is 1.20. The smallest absolute Gasteiger partial charge is 0.143 e. The molecule has 0 amide bonds. The van der Waals surface area contributed by atoms with Crippen molar-refractivity contribution in [3.8, 4) is 0 Å². The lowest BCUT2D eigenvalue weighted by atomic mass is 9.89. The van der Waals surface area contributed by atoms with E-state index >= 15 is 0 Å². The first-order valence-electron chi connectivity index (χ1n) is 4.36. The molecule has 66 valence electrons. The Hall–Kier alpha value is -0.310. The molecule has 1 atom stereocenters. The summed E-state index contributed by atoms with van der Waals surface area (Å²) in [4.78, 5) is 0. The zero-order valence-corrected chi connectivity index (χ0v) is 8.73. The van der Waals surface area contributed by atoms with E-state index in [2.05, 4.69) is 28.0 Å². The van der Waals surface area contributed by atoms with Crippen molar-refractivity contribution in [2.75, 3.05) is 0 Å². The highest BCUT2D eigenvalue weighted by atomic mass is 79.9. The molecule has 0 aliphatic heterocycles. The molecule has 1 heterocycles. The second kappa shape index (κ2) is 3.21. The highest BCUT2D eigenvalue weighted by Crippen LogP contribution is 2.33. The number of aromatic nitrogens is 1. The number of hydrogen-bond acceptors (Lipinski definition) is 2. The Balaban J connectivity index is 2.41. The lowest BCUT2D eigenvalue weighted by molar-refractivity contribution is 0.346. The van der Waals surface area contributed by atoms with Gasteiger partial charge >= 0.3 is 0 Å². The molecule has 2 rings (SSSR count). The second-order valence-corrected chi connectivity index (χ2v) is 3.96. The minimum atomic E-state index is 0.564. The molecule has 0 radical (unpaired) electrons. The Labute approximate surface area is 80.4 Å². The SMILES string of the molecule is CC1CCCc2c(CBr)noc21. The van der Waals surface area contributed by atoms with Crippen LogP contribution in [0, 0.1) is 0 Å². The van der Waals surface area contributed by atoms with Gasteiger partial charge in [-0.2, -0.15) is 0 Å². The van der Waals surface area contributed by atoms with Crippen molar-refractivity contribution in [1.82, 2.24) is 5.16 Å². The second-order valence-electron chi connectivity index (χ2n) is 3.40. The molecule has 1 unspecified atom stereocenters. The third-order valence-corrected chi connectivity index (χ3v) is 3.07. The molecule has 0 saturated heterocycles. The Morgan fingerprint density at radius 3 is 3.25 bits per heavy atom. The molecular formula is C9H12BrNO. The van der Waals surface area contributed by atoms with Crippen LogP contribution in [0.5, 0.6) is 0 Å². The van der Waals surface area contributed by atoms with Crippen LogP contribution in [0.4, 0.5) is 0 Å². The van der Waals surface area contributed by atoms with E-state index in [4.69, 9.17) is 4.52 Å². The van der Waals surface area contributed by atoms with Gasteiger partial charge in [0.1, 0.15) is 5.76 Å². The summed E-state index contributed by atoms with van der Waals surface area (Å²) in [5, 5.41) is 4.86. The van der Waals surface area contributed by atoms with Crippen LogP contribution in [-0.2, 0) is 11.8 Å². The summed E-state index contributed by atoms with van der Waals surface area (Å²) in [6, 6.07) is 0. The average molecular weight is 230 g/mol. The Kier molecular flexibility index (Phi) is 2.22. The maximum Gasteiger partial charge on any atom is 0.143 e. The van der Waals surface area contributed by atoms with Gasteiger partial charge < -0.3 is 4.52 Å². The molecule has 1 aromatic heterocycles. The molecule has 0 spiro atoms. The van der Waals surface area contributed by atoms with Gasteiger partial charge in [-0.25, -0.2) is 0 Å². The van der Waals surface area contributed by atoms with Gasteiger partial charge in [0.25, 0.3) is 0 Å². The van der Waals surface area contributed by atoms with E-state index in [0.29, 0.717) is 5.92 Å². The maximum absolute atomic E-state index is 5.31. The molecule has 1 aliphatic carbocycles. The predicted octanol–water partition coefficient (Wildman–Crippen LogP) is 3.01. The normalized spacial score (nSPS) is 22.3. The summed E-state index contributed by atoms with van der Waals surface area (Å²) in [7, 11) is 0. The summed E-state index contributed by atoms with van der Waals surface area (Å²) in [5.74, 6) is 1.68. The highest BCUT2D eigenvalue weighted by molar-refractivity contribution is 9.08. The molecule has 0 N–H and O–H groups in total. The molecule has 0 fully saturated rings. The first-order chi connectivity index (χ1) is 5.83. The third-order valence-electron chi connectivity index (χ3n) is 2.54. The van der Waals surface area contributed by atoms with Crippen LogP contribution in [0.3, 0.4) is 0 Å². The summed E-state index contributed by atoms with van der Waals surface area (Å²) < 4.78 is 5.31. The van der Waals surface area contributed by atoms with Crippen LogP contribution >= 0.6 is 15.9 Å². The average Bonchev–Trinajstić information content (AvgIpc) is 2.49. The number of alkyl halides is 1. The minimum absolute atomic E-state index is 0.564. The fourth-order valence-electron chi connectivity index (χ4n) is 1.83. The maximum atomic E-state index is 5.31. The summed E-state index contributed by atoms with van der Waals surface area (Å²) >= 11 is 3.41. The van der Waals surface area contributed by atoms with Crippen LogP contribution in [0.1, 0.15) is 42.7 Å². The van der Waals surface area contributed by atoms with Crippen molar-refractivity contribution >= 4 is 15.9 Å². The quantitative estimate of drug-likeness (QED) is 0.693. The van der Waals surface area contributed by atoms with E-state index in [1.807, 2.05) is 0 Å². The molecule has 3 heteroatoms. The lowest BCUT2D eigenvalue weighted by Gasteiger charge is -2.15. The number of nitrogens with zero attached hydrogens (tertiary/aromatic N) is 1. The highest BCUT2D eigenvalue weighted by Gasteiger charge is 2.23. The van der Waals surface area contributed by atoms with Crippen LogP contribution in [0.15, 0.2) is 4.52 Å². The van der Waals surface area contributed by atoms with Crippen LogP contribution in [0.25, 0.3) is 0 Å². The van der Waals surface area contributed by atoms with Gasteiger partial charge in [-0.1, -0.05) is 28.0 Å². The number of hydrogen-bond donors (Lipinski definition) is 0. The minimum Gasteiger partial charge on any atom is -0.361 e. The molecule has 2 nitrogen and oxygen atoms in total. The largest absolute Gasteiger partial charge is 0.361 e. The van der Waals surface area contributed by atoms with Gasteiger partial charge in [-0.15, -0.1) is 0 Å². The van der Waals surface area contributed by atoms with Crippen molar-refractivity contribution < 1.29 is 4.52 Å². The van der Waals surface area contributed by atoms with Gasteiger partial charge in [0.05, 0.1) is 5.69 Å². The van der Waals surface area contributed by atoms with E-state index in [0.717, 1.165) is 23.2 Å². The number of fused-ring (bicyclic) bond motifs is 1. The van der Waals surface area contributed by atoms with Crippen LogP contribution in [-0.4, -0.2) is 5.16 Å². The Bertz CT molecular complexity index is 282. The van der Waals surface area contributed by atoms with E-state index in [1.165, 1.54) is 18.4 Å². The van der Waals surface area contributed by atoms with Gasteiger partial charge in [-0.05, 0) is 19.3 Å². The predicted molar refractivity (Wildman–Crippen MR) is 50.5 cm³/mol. The first kappa shape index (κ1) is 8.30. The first-order valence-corrected chi connectivity index (χ1v) is 5.48. The van der Waals surface area contributed by atoms with Crippen molar-refractivity contribution in [1.29, 1.82) is 0 Å². The van der Waals surface area contributed by atoms with Crippen molar-refractivity contribution in [3.63, 3.8) is 0 Å². The van der Waals surface area contributed by atoms with Crippen LogP contribution < -0.4 is 0 Å². The van der Waals surface area contributed by atoms with E-state index < -0.39 is 0 Å².